The summed E-state index contributed by atoms with van der Waals surface area (Å²) in [7, 11) is 0. The van der Waals surface area contributed by atoms with Gasteiger partial charge >= 0.3 is 0 Å². The van der Waals surface area contributed by atoms with Crippen molar-refractivity contribution in [1.29, 1.82) is 0 Å². The minimum Gasteiger partial charge on any atom is -0.326 e. The van der Waals surface area contributed by atoms with Crippen LogP contribution >= 0.6 is 0 Å². The van der Waals surface area contributed by atoms with Gasteiger partial charge in [-0.3, -0.25) is 14.6 Å². The zero-order valence-corrected chi connectivity index (χ0v) is 14.7. The number of anilines is 1. The molecule has 2 aliphatic heterocycles. The second kappa shape index (κ2) is 7.62. The van der Waals surface area contributed by atoms with Crippen molar-refractivity contribution in [3.05, 3.63) is 29.6 Å². The van der Waals surface area contributed by atoms with Gasteiger partial charge in [0.25, 0.3) is 0 Å². The van der Waals surface area contributed by atoms with E-state index in [1.165, 1.54) is 31.9 Å². The maximum absolute atomic E-state index is 13.5. The summed E-state index contributed by atoms with van der Waals surface area (Å²) >= 11 is 0. The number of benzene rings is 1. The molecule has 4 nitrogen and oxygen atoms in total. The smallest absolute Gasteiger partial charge is 0.225 e. The van der Waals surface area contributed by atoms with E-state index in [2.05, 4.69) is 22.0 Å². The van der Waals surface area contributed by atoms with Gasteiger partial charge in [0.2, 0.25) is 5.91 Å². The summed E-state index contributed by atoms with van der Waals surface area (Å²) in [4.78, 5) is 17.0. The molecule has 0 aliphatic carbocycles. The fourth-order valence-corrected chi connectivity index (χ4v) is 3.75. The summed E-state index contributed by atoms with van der Waals surface area (Å²) < 4.78 is 13.5. The van der Waals surface area contributed by atoms with Crippen LogP contribution in [0.4, 0.5) is 10.1 Å². The normalized spacial score (nSPS) is 23.0. The molecule has 2 aliphatic rings. The Balaban J connectivity index is 1.38. The van der Waals surface area contributed by atoms with Crippen LogP contribution in [-0.2, 0) is 4.79 Å². The molecule has 1 aromatic rings. The molecule has 0 radical (unpaired) electrons. The number of hydrogen-bond acceptors (Lipinski definition) is 3. The van der Waals surface area contributed by atoms with Crippen molar-refractivity contribution < 1.29 is 9.18 Å². The number of carbonyl (C=O) groups excluding carboxylic acids is 1. The zero-order valence-electron chi connectivity index (χ0n) is 14.7. The van der Waals surface area contributed by atoms with Crippen LogP contribution in [0.3, 0.4) is 0 Å². The largest absolute Gasteiger partial charge is 0.326 e. The highest BCUT2D eigenvalue weighted by molar-refractivity contribution is 5.90. The predicted molar refractivity (Wildman–Crippen MR) is 94.6 cm³/mol. The number of hydrogen-bond donors (Lipinski definition) is 1. The van der Waals surface area contributed by atoms with Crippen molar-refractivity contribution in [1.82, 2.24) is 9.80 Å². The van der Waals surface area contributed by atoms with Gasteiger partial charge in [-0.1, -0.05) is 12.5 Å². The number of amides is 1. The van der Waals surface area contributed by atoms with Gasteiger partial charge in [0.1, 0.15) is 5.82 Å². The average molecular weight is 333 g/mol. The second-order valence-electron chi connectivity index (χ2n) is 7.26. The Morgan fingerprint density at radius 2 is 2.12 bits per heavy atom. The van der Waals surface area contributed by atoms with Crippen LogP contribution in [0.15, 0.2) is 18.2 Å². The molecule has 0 unspecified atom stereocenters. The van der Waals surface area contributed by atoms with Gasteiger partial charge in [-0.25, -0.2) is 4.39 Å². The molecule has 3 rings (SSSR count). The quantitative estimate of drug-likeness (QED) is 0.900. The fraction of sp³-hybridized carbons (Fsp3) is 0.632. The Labute approximate surface area is 144 Å². The molecule has 0 bridgehead atoms. The van der Waals surface area contributed by atoms with E-state index in [9.17, 15) is 9.18 Å². The number of aryl methyl sites for hydroxylation is 1. The van der Waals surface area contributed by atoms with E-state index in [1.807, 2.05) is 0 Å². The molecule has 2 saturated heterocycles. The molecule has 24 heavy (non-hydrogen) atoms. The zero-order chi connectivity index (χ0) is 17.1. The van der Waals surface area contributed by atoms with Crippen LogP contribution in [0.5, 0.6) is 0 Å². The molecule has 1 N–H and O–H groups in total. The van der Waals surface area contributed by atoms with E-state index in [4.69, 9.17) is 0 Å². The monoisotopic (exact) mass is 333 g/mol. The summed E-state index contributed by atoms with van der Waals surface area (Å²) in [6.45, 7) is 8.17. The first-order valence-corrected chi connectivity index (χ1v) is 9.07. The molecule has 5 heteroatoms. The third-order valence-electron chi connectivity index (χ3n) is 5.37. The number of carbonyl (C=O) groups is 1. The number of nitrogens with one attached hydrogen (secondary N) is 1. The predicted octanol–water partition coefficient (Wildman–Crippen LogP) is 3.02. The molecule has 0 spiro atoms. The van der Waals surface area contributed by atoms with Gasteiger partial charge < -0.3 is 5.32 Å². The Morgan fingerprint density at radius 1 is 1.33 bits per heavy atom. The van der Waals surface area contributed by atoms with Crippen LogP contribution in [0.1, 0.15) is 38.2 Å². The Morgan fingerprint density at radius 3 is 2.83 bits per heavy atom. The van der Waals surface area contributed by atoms with Gasteiger partial charge in [0, 0.05) is 43.8 Å². The molecule has 1 amide bonds. The molecular formula is C19H28FN3O. The highest BCUT2D eigenvalue weighted by atomic mass is 19.1. The summed E-state index contributed by atoms with van der Waals surface area (Å²) in [5, 5.41) is 2.78. The lowest BCUT2D eigenvalue weighted by Crippen LogP contribution is -2.62. The summed E-state index contributed by atoms with van der Waals surface area (Å²) in [5.41, 5.74) is 1.12. The molecular weight excluding hydrogens is 305 g/mol. The minimum absolute atomic E-state index is 0.0481. The van der Waals surface area contributed by atoms with Crippen molar-refractivity contribution in [2.45, 2.75) is 51.6 Å². The van der Waals surface area contributed by atoms with E-state index in [1.54, 1.807) is 19.1 Å². The number of likely N-dealkylation sites (tertiary alicyclic amines) is 2. The lowest BCUT2D eigenvalue weighted by atomic mass is 9.97. The van der Waals surface area contributed by atoms with Gasteiger partial charge in [0.15, 0.2) is 0 Å². The van der Waals surface area contributed by atoms with Crippen LogP contribution in [0.25, 0.3) is 0 Å². The Bertz CT molecular complexity index is 586. The minimum atomic E-state index is -0.283. The number of halogens is 1. The van der Waals surface area contributed by atoms with E-state index in [-0.39, 0.29) is 11.7 Å². The standard InChI is InChI=1S/C19H28FN3O/c1-14-6-7-16(11-18(14)20)21-19(24)8-10-22-12-17(13-22)23-9-4-3-5-15(23)2/h6-7,11,15,17H,3-5,8-10,12-13H2,1-2H3,(H,21,24)/t15-/m0/s1. The first kappa shape index (κ1) is 17.4. The van der Waals surface area contributed by atoms with Crippen LogP contribution in [0.2, 0.25) is 0 Å². The molecule has 1 atom stereocenters. The highest BCUT2D eigenvalue weighted by Crippen LogP contribution is 2.24. The molecule has 132 valence electrons. The molecule has 2 heterocycles. The maximum atomic E-state index is 13.5. The average Bonchev–Trinajstić information content (AvgIpc) is 2.51. The third-order valence-corrected chi connectivity index (χ3v) is 5.37. The molecule has 1 aromatic carbocycles. The maximum Gasteiger partial charge on any atom is 0.225 e. The van der Waals surface area contributed by atoms with E-state index >= 15 is 0 Å². The van der Waals surface area contributed by atoms with Crippen LogP contribution in [0, 0.1) is 12.7 Å². The third kappa shape index (κ3) is 4.14. The first-order valence-electron chi connectivity index (χ1n) is 9.07. The van der Waals surface area contributed by atoms with Crippen molar-refractivity contribution >= 4 is 11.6 Å². The SMILES string of the molecule is Cc1ccc(NC(=O)CCN2CC(N3CCCC[C@@H]3C)C2)cc1F. The summed E-state index contributed by atoms with van der Waals surface area (Å²) in [5.74, 6) is -0.331. The lowest BCUT2D eigenvalue weighted by Gasteiger charge is -2.49. The highest BCUT2D eigenvalue weighted by Gasteiger charge is 2.34. The van der Waals surface area contributed by atoms with Crippen molar-refractivity contribution in [2.24, 2.45) is 0 Å². The fourth-order valence-electron chi connectivity index (χ4n) is 3.75. The molecule has 0 aromatic heterocycles. The van der Waals surface area contributed by atoms with E-state index in [0.29, 0.717) is 29.8 Å². The van der Waals surface area contributed by atoms with Crippen molar-refractivity contribution in [2.75, 3.05) is 31.5 Å². The van der Waals surface area contributed by atoms with Crippen LogP contribution in [-0.4, -0.2) is 54.0 Å². The van der Waals surface area contributed by atoms with Gasteiger partial charge in [-0.05, 0) is 50.9 Å². The second-order valence-corrected chi connectivity index (χ2v) is 7.26. The van der Waals surface area contributed by atoms with Crippen molar-refractivity contribution in [3.63, 3.8) is 0 Å². The molecule has 2 fully saturated rings. The lowest BCUT2D eigenvalue weighted by molar-refractivity contribution is -0.117. The molecule has 0 saturated carbocycles. The van der Waals surface area contributed by atoms with E-state index in [0.717, 1.165) is 19.6 Å². The number of piperidine rings is 1. The summed E-state index contributed by atoms with van der Waals surface area (Å²) in [6, 6.07) is 6.17. The van der Waals surface area contributed by atoms with Gasteiger partial charge in [-0.2, -0.15) is 0 Å². The van der Waals surface area contributed by atoms with Crippen LogP contribution < -0.4 is 5.32 Å². The summed E-state index contributed by atoms with van der Waals surface area (Å²) in [6.07, 6.45) is 4.44. The van der Waals surface area contributed by atoms with Gasteiger partial charge in [0.05, 0.1) is 0 Å². The first-order chi connectivity index (χ1) is 11.5. The Hall–Kier alpha value is -1.46. The number of rotatable bonds is 5. The van der Waals surface area contributed by atoms with Crippen molar-refractivity contribution in [3.8, 4) is 0 Å². The number of nitrogens with zero attached hydrogens (tertiary/aromatic N) is 2. The Kier molecular flexibility index (Phi) is 5.51. The van der Waals surface area contributed by atoms with Gasteiger partial charge in [-0.15, -0.1) is 0 Å². The topological polar surface area (TPSA) is 35.6 Å². The van der Waals surface area contributed by atoms with E-state index < -0.39 is 0 Å².